The standard InChI is InChI=1S/C20H18O5/c1-11(2)8-14(21)19-15(22)10-16-18(20(19)24)13(9-17(23)25-16)12-6-4-3-5-7-12/h3-7,9-11,22,24H,8H2,1-2H3. The molecule has 0 atom stereocenters. The Kier molecular flexibility index (Phi) is 4.31. The van der Waals surface area contributed by atoms with Crippen LogP contribution in [0.2, 0.25) is 0 Å². The van der Waals surface area contributed by atoms with Gasteiger partial charge in [-0.15, -0.1) is 0 Å². The van der Waals surface area contributed by atoms with Gasteiger partial charge in [-0.1, -0.05) is 44.2 Å². The molecule has 2 N–H and O–H groups in total. The number of benzene rings is 2. The van der Waals surface area contributed by atoms with Gasteiger partial charge in [0.25, 0.3) is 0 Å². The molecule has 0 radical (unpaired) electrons. The fraction of sp³-hybridized carbons (Fsp3) is 0.200. The Morgan fingerprint density at radius 1 is 1.12 bits per heavy atom. The number of phenolic OH excluding ortho intramolecular Hbond substituents is 2. The van der Waals surface area contributed by atoms with Crippen molar-refractivity contribution in [3.63, 3.8) is 0 Å². The number of phenols is 2. The molecule has 0 aliphatic heterocycles. The molecule has 2 aromatic carbocycles. The highest BCUT2D eigenvalue weighted by Crippen LogP contribution is 2.41. The SMILES string of the molecule is CC(C)CC(=O)c1c(O)cc2oc(=O)cc(-c3ccccc3)c2c1O. The Hall–Kier alpha value is -3.08. The van der Waals surface area contributed by atoms with E-state index in [4.69, 9.17) is 4.42 Å². The van der Waals surface area contributed by atoms with Crippen molar-refractivity contribution in [3.8, 4) is 22.6 Å². The van der Waals surface area contributed by atoms with Crippen molar-refractivity contribution in [2.45, 2.75) is 20.3 Å². The van der Waals surface area contributed by atoms with Crippen molar-refractivity contribution in [2.24, 2.45) is 5.92 Å². The summed E-state index contributed by atoms with van der Waals surface area (Å²) in [5.41, 5.74) is 0.424. The number of Topliss-reactive ketones (excluding diaryl/α,β-unsaturated/α-hetero) is 1. The molecule has 25 heavy (non-hydrogen) atoms. The van der Waals surface area contributed by atoms with Gasteiger partial charge >= 0.3 is 5.63 Å². The number of carbonyl (C=O) groups excluding carboxylic acids is 1. The molecule has 0 bridgehead atoms. The number of carbonyl (C=O) groups is 1. The smallest absolute Gasteiger partial charge is 0.336 e. The zero-order chi connectivity index (χ0) is 18.1. The number of fused-ring (bicyclic) bond motifs is 1. The zero-order valence-electron chi connectivity index (χ0n) is 13.9. The summed E-state index contributed by atoms with van der Waals surface area (Å²) in [5, 5.41) is 21.1. The van der Waals surface area contributed by atoms with Gasteiger partial charge in [-0.2, -0.15) is 0 Å². The molecule has 3 rings (SSSR count). The molecule has 1 aromatic heterocycles. The largest absolute Gasteiger partial charge is 0.507 e. The van der Waals surface area contributed by atoms with Gasteiger partial charge in [0.2, 0.25) is 0 Å². The minimum absolute atomic E-state index is 0.0300. The molecule has 0 unspecified atom stereocenters. The van der Waals surface area contributed by atoms with Gasteiger partial charge in [0.1, 0.15) is 22.6 Å². The van der Waals surface area contributed by atoms with Crippen LogP contribution in [0.4, 0.5) is 0 Å². The molecule has 5 heteroatoms. The summed E-state index contributed by atoms with van der Waals surface area (Å²) in [6.45, 7) is 3.75. The molecule has 3 aromatic rings. The Balaban J connectivity index is 2.35. The third-order valence-corrected chi connectivity index (χ3v) is 3.94. The third-order valence-electron chi connectivity index (χ3n) is 3.94. The second-order valence-electron chi connectivity index (χ2n) is 6.36. The maximum Gasteiger partial charge on any atom is 0.336 e. The summed E-state index contributed by atoms with van der Waals surface area (Å²) < 4.78 is 5.11. The lowest BCUT2D eigenvalue weighted by Crippen LogP contribution is -2.06. The van der Waals surface area contributed by atoms with Gasteiger partial charge in [0.15, 0.2) is 5.78 Å². The third kappa shape index (κ3) is 3.13. The summed E-state index contributed by atoms with van der Waals surface area (Å²) in [4.78, 5) is 24.3. The second kappa shape index (κ2) is 6.43. The lowest BCUT2D eigenvalue weighted by atomic mass is 9.94. The average molecular weight is 338 g/mol. The lowest BCUT2D eigenvalue weighted by molar-refractivity contribution is 0.0963. The van der Waals surface area contributed by atoms with Crippen molar-refractivity contribution < 1.29 is 19.4 Å². The highest BCUT2D eigenvalue weighted by molar-refractivity contribution is 6.09. The van der Waals surface area contributed by atoms with Crippen molar-refractivity contribution in [3.05, 3.63) is 58.4 Å². The minimum Gasteiger partial charge on any atom is -0.507 e. The molecule has 0 aliphatic rings. The molecule has 0 spiro atoms. The summed E-state index contributed by atoms with van der Waals surface area (Å²) in [7, 11) is 0. The highest BCUT2D eigenvalue weighted by Gasteiger charge is 2.23. The Morgan fingerprint density at radius 3 is 2.44 bits per heavy atom. The van der Waals surface area contributed by atoms with Crippen LogP contribution in [0.1, 0.15) is 30.6 Å². The maximum atomic E-state index is 12.4. The van der Waals surface area contributed by atoms with Crippen molar-refractivity contribution in [1.82, 2.24) is 0 Å². The monoisotopic (exact) mass is 338 g/mol. The highest BCUT2D eigenvalue weighted by atomic mass is 16.4. The molecule has 0 amide bonds. The number of hydrogen-bond donors (Lipinski definition) is 2. The molecule has 0 saturated heterocycles. The first-order valence-corrected chi connectivity index (χ1v) is 8.00. The van der Waals surface area contributed by atoms with Crippen LogP contribution >= 0.6 is 0 Å². The van der Waals surface area contributed by atoms with E-state index in [-0.39, 0.29) is 40.4 Å². The number of hydrogen-bond acceptors (Lipinski definition) is 5. The van der Waals surface area contributed by atoms with E-state index in [1.807, 2.05) is 19.9 Å². The number of aromatic hydroxyl groups is 2. The molecular weight excluding hydrogens is 320 g/mol. The van der Waals surface area contributed by atoms with E-state index >= 15 is 0 Å². The Labute approximate surface area is 144 Å². The van der Waals surface area contributed by atoms with Gasteiger partial charge in [0, 0.05) is 24.1 Å². The van der Waals surface area contributed by atoms with E-state index in [1.54, 1.807) is 24.3 Å². The fourth-order valence-corrected chi connectivity index (χ4v) is 2.89. The quantitative estimate of drug-likeness (QED) is 0.552. The van der Waals surface area contributed by atoms with Crippen LogP contribution in [0.3, 0.4) is 0 Å². The number of ketones is 1. The number of rotatable bonds is 4. The predicted octanol–water partition coefficient (Wildman–Crippen LogP) is 4.10. The van der Waals surface area contributed by atoms with Gasteiger partial charge in [-0.3, -0.25) is 4.79 Å². The fourth-order valence-electron chi connectivity index (χ4n) is 2.89. The normalized spacial score (nSPS) is 11.2. The first kappa shape index (κ1) is 16.8. The molecule has 0 aliphatic carbocycles. The molecule has 1 heterocycles. The van der Waals surface area contributed by atoms with Crippen molar-refractivity contribution >= 4 is 16.8 Å². The molecule has 0 fully saturated rings. The van der Waals surface area contributed by atoms with E-state index in [0.717, 1.165) is 0 Å². The summed E-state index contributed by atoms with van der Waals surface area (Å²) >= 11 is 0. The van der Waals surface area contributed by atoms with Gasteiger partial charge in [-0.25, -0.2) is 4.79 Å². The van der Waals surface area contributed by atoms with E-state index in [1.165, 1.54) is 12.1 Å². The first-order valence-electron chi connectivity index (χ1n) is 8.00. The predicted molar refractivity (Wildman–Crippen MR) is 95.0 cm³/mol. The molecule has 0 saturated carbocycles. The van der Waals surface area contributed by atoms with Crippen LogP contribution in [0.25, 0.3) is 22.1 Å². The molecule has 5 nitrogen and oxygen atoms in total. The summed E-state index contributed by atoms with van der Waals surface area (Å²) in [6, 6.07) is 11.5. The van der Waals surface area contributed by atoms with Gasteiger partial charge < -0.3 is 14.6 Å². The molecular formula is C20H18O5. The van der Waals surface area contributed by atoms with E-state index in [9.17, 15) is 19.8 Å². The van der Waals surface area contributed by atoms with Crippen LogP contribution in [-0.2, 0) is 0 Å². The minimum atomic E-state index is -0.605. The Bertz CT molecular complexity index is 1000. The zero-order valence-corrected chi connectivity index (χ0v) is 13.9. The van der Waals surface area contributed by atoms with Crippen LogP contribution < -0.4 is 5.63 Å². The van der Waals surface area contributed by atoms with Crippen LogP contribution in [0.15, 0.2) is 51.7 Å². The van der Waals surface area contributed by atoms with E-state index < -0.39 is 11.4 Å². The van der Waals surface area contributed by atoms with Gasteiger partial charge in [-0.05, 0) is 11.5 Å². The van der Waals surface area contributed by atoms with E-state index in [2.05, 4.69) is 0 Å². The Morgan fingerprint density at radius 2 is 1.80 bits per heavy atom. The maximum absolute atomic E-state index is 12.4. The van der Waals surface area contributed by atoms with E-state index in [0.29, 0.717) is 11.1 Å². The lowest BCUT2D eigenvalue weighted by Gasteiger charge is -2.13. The van der Waals surface area contributed by atoms with Crippen molar-refractivity contribution in [1.29, 1.82) is 0 Å². The first-order chi connectivity index (χ1) is 11.9. The van der Waals surface area contributed by atoms with Crippen LogP contribution in [-0.4, -0.2) is 16.0 Å². The van der Waals surface area contributed by atoms with Crippen molar-refractivity contribution in [2.75, 3.05) is 0 Å². The summed E-state index contributed by atoms with van der Waals surface area (Å²) in [5.74, 6) is -1.06. The topological polar surface area (TPSA) is 87.7 Å². The summed E-state index contributed by atoms with van der Waals surface area (Å²) in [6.07, 6.45) is 0.185. The second-order valence-corrected chi connectivity index (χ2v) is 6.36. The van der Waals surface area contributed by atoms with Gasteiger partial charge in [0.05, 0.1) is 5.39 Å². The average Bonchev–Trinajstić information content (AvgIpc) is 2.53. The van der Waals surface area contributed by atoms with Crippen LogP contribution in [0.5, 0.6) is 11.5 Å². The molecule has 128 valence electrons. The van der Waals surface area contributed by atoms with Crippen LogP contribution in [0, 0.1) is 5.92 Å².